The van der Waals surface area contributed by atoms with E-state index in [0.29, 0.717) is 0 Å². The van der Waals surface area contributed by atoms with E-state index in [0.717, 1.165) is 17.8 Å². The van der Waals surface area contributed by atoms with E-state index in [1.165, 1.54) is 43.0 Å². The zero-order chi connectivity index (χ0) is 21.3. The molecule has 1 aliphatic rings. The third kappa shape index (κ3) is 3.99. The van der Waals surface area contributed by atoms with Gasteiger partial charge in [-0.1, -0.05) is 0 Å². The summed E-state index contributed by atoms with van der Waals surface area (Å²) in [5.74, 6) is -0.904. The van der Waals surface area contributed by atoms with Gasteiger partial charge in [-0.15, -0.1) is 11.8 Å². The van der Waals surface area contributed by atoms with Crippen LogP contribution in [-0.2, 0) is 0 Å². The van der Waals surface area contributed by atoms with Gasteiger partial charge < -0.3 is 20.1 Å². The van der Waals surface area contributed by atoms with Gasteiger partial charge in [0.05, 0.1) is 22.9 Å². The van der Waals surface area contributed by atoms with Crippen molar-refractivity contribution in [3.8, 4) is 28.3 Å². The second-order valence-corrected chi connectivity index (χ2v) is 7.75. The summed E-state index contributed by atoms with van der Waals surface area (Å²) in [7, 11) is 0. The molecule has 3 N–H and O–H groups in total. The molecule has 0 bridgehead atoms. The molecule has 0 unspecified atom stereocenters. The second kappa shape index (κ2) is 8.60. The molecule has 30 heavy (non-hydrogen) atoms. The number of hydrogen-bond donors (Lipinski definition) is 3. The van der Waals surface area contributed by atoms with Crippen molar-refractivity contribution in [2.75, 3.05) is 5.75 Å². The largest absolute Gasteiger partial charge is 0.475 e. The van der Waals surface area contributed by atoms with Gasteiger partial charge in [0, 0.05) is 30.5 Å². The second-order valence-electron chi connectivity index (χ2n) is 6.62. The van der Waals surface area contributed by atoms with Gasteiger partial charge >= 0.3 is 0 Å². The molecule has 156 valence electrons. The lowest BCUT2D eigenvalue weighted by Gasteiger charge is -2.34. The molecule has 0 amide bonds. The maximum atomic E-state index is 14.5. The number of aromatic nitrogens is 3. The highest BCUT2D eigenvalue weighted by Crippen LogP contribution is 2.36. The molecule has 0 spiro atoms. The summed E-state index contributed by atoms with van der Waals surface area (Å²) >= 11 is 1.10. The molecular formula is C20H17F2N3O4S. The fraction of sp³-hybridized carbons (Fsp3) is 0.250. The van der Waals surface area contributed by atoms with E-state index in [9.17, 15) is 24.1 Å². The Balaban J connectivity index is 1.77. The number of hydrogen-bond acceptors (Lipinski definition) is 8. The normalized spacial score (nSPS) is 23.9. The van der Waals surface area contributed by atoms with Crippen LogP contribution in [0.25, 0.3) is 22.5 Å². The predicted octanol–water partition coefficient (Wildman–Crippen LogP) is 2.02. The number of ether oxygens (including phenoxy) is 1. The summed E-state index contributed by atoms with van der Waals surface area (Å²) in [4.78, 5) is 12.2. The summed E-state index contributed by atoms with van der Waals surface area (Å²) in [6.45, 7) is 0. The average Bonchev–Trinajstić information content (AvgIpc) is 2.75. The summed E-state index contributed by atoms with van der Waals surface area (Å²) in [6, 6.07) is 5.30. The third-order valence-corrected chi connectivity index (χ3v) is 5.86. The summed E-state index contributed by atoms with van der Waals surface area (Å²) < 4.78 is 34.5. The Morgan fingerprint density at radius 3 is 2.23 bits per heavy atom. The Hall–Kier alpha value is -2.66. The van der Waals surface area contributed by atoms with Crippen molar-refractivity contribution in [1.82, 2.24) is 15.0 Å². The van der Waals surface area contributed by atoms with Crippen LogP contribution < -0.4 is 4.74 Å². The Kier molecular flexibility index (Phi) is 5.91. The smallest absolute Gasteiger partial charge is 0.173 e. The molecule has 0 saturated carbocycles. The summed E-state index contributed by atoms with van der Waals surface area (Å²) in [5.41, 5.74) is -0.521. The molecular weight excluding hydrogens is 416 g/mol. The van der Waals surface area contributed by atoms with Gasteiger partial charge in [0.25, 0.3) is 0 Å². The van der Waals surface area contributed by atoms with Crippen molar-refractivity contribution in [3.05, 3.63) is 60.7 Å². The van der Waals surface area contributed by atoms with Crippen LogP contribution in [0.4, 0.5) is 8.78 Å². The molecule has 10 heteroatoms. The molecule has 4 heterocycles. The number of thioether (sulfide) groups is 1. The van der Waals surface area contributed by atoms with Crippen LogP contribution >= 0.6 is 11.8 Å². The summed E-state index contributed by atoms with van der Waals surface area (Å²) in [6.07, 6.45) is 1.31. The van der Waals surface area contributed by atoms with Crippen LogP contribution in [0, 0.1) is 11.6 Å². The van der Waals surface area contributed by atoms with Crippen molar-refractivity contribution in [3.63, 3.8) is 0 Å². The topological polar surface area (TPSA) is 109 Å². The van der Waals surface area contributed by atoms with Crippen LogP contribution in [0.5, 0.6) is 5.75 Å². The quantitative estimate of drug-likeness (QED) is 0.574. The molecule has 3 aromatic heterocycles. The Morgan fingerprint density at radius 1 is 0.900 bits per heavy atom. The van der Waals surface area contributed by atoms with Crippen molar-refractivity contribution >= 4 is 11.8 Å². The highest BCUT2D eigenvalue weighted by molar-refractivity contribution is 7.99. The monoisotopic (exact) mass is 433 g/mol. The van der Waals surface area contributed by atoms with Gasteiger partial charge in [-0.05, 0) is 24.3 Å². The number of rotatable bonds is 4. The minimum atomic E-state index is -1.38. The highest BCUT2D eigenvalue weighted by atomic mass is 32.2. The zero-order valence-electron chi connectivity index (χ0n) is 15.4. The third-order valence-electron chi connectivity index (χ3n) is 4.62. The van der Waals surface area contributed by atoms with E-state index in [4.69, 9.17) is 4.74 Å². The van der Waals surface area contributed by atoms with E-state index in [1.807, 2.05) is 0 Å². The van der Waals surface area contributed by atoms with Crippen LogP contribution in [0.1, 0.15) is 0 Å². The molecule has 0 aromatic carbocycles. The number of halogens is 2. The minimum Gasteiger partial charge on any atom is -0.475 e. The van der Waals surface area contributed by atoms with E-state index >= 15 is 0 Å². The van der Waals surface area contributed by atoms with Crippen molar-refractivity contribution in [2.24, 2.45) is 0 Å². The van der Waals surface area contributed by atoms with Crippen molar-refractivity contribution < 1.29 is 28.8 Å². The van der Waals surface area contributed by atoms with E-state index in [-0.39, 0.29) is 34.0 Å². The number of aliphatic hydroxyl groups is 3. The Morgan fingerprint density at radius 2 is 1.57 bits per heavy atom. The van der Waals surface area contributed by atoms with Crippen molar-refractivity contribution in [1.29, 1.82) is 0 Å². The Labute approximate surface area is 174 Å². The molecule has 1 aliphatic heterocycles. The fourth-order valence-electron chi connectivity index (χ4n) is 3.01. The zero-order valence-corrected chi connectivity index (χ0v) is 16.2. The molecule has 1 saturated heterocycles. The van der Waals surface area contributed by atoms with Crippen LogP contribution in [0.15, 0.2) is 49.1 Å². The first-order valence-corrected chi connectivity index (χ1v) is 10.0. The lowest BCUT2D eigenvalue weighted by atomic mass is 10.1. The van der Waals surface area contributed by atoms with Crippen LogP contribution in [0.2, 0.25) is 0 Å². The molecule has 4 atom stereocenters. The van der Waals surface area contributed by atoms with Gasteiger partial charge in [0.1, 0.15) is 35.3 Å². The minimum absolute atomic E-state index is 0.0227. The molecule has 3 aromatic rings. The van der Waals surface area contributed by atoms with Gasteiger partial charge in [0.2, 0.25) is 0 Å². The Bertz CT molecular complexity index is 1060. The number of nitrogens with zero attached hydrogens (tertiary/aromatic N) is 3. The highest BCUT2D eigenvalue weighted by Gasteiger charge is 2.39. The molecule has 4 rings (SSSR count). The van der Waals surface area contributed by atoms with Crippen molar-refractivity contribution in [2.45, 2.75) is 23.7 Å². The van der Waals surface area contributed by atoms with E-state index in [2.05, 4.69) is 15.0 Å². The maximum absolute atomic E-state index is 14.5. The van der Waals surface area contributed by atoms with E-state index < -0.39 is 35.4 Å². The van der Waals surface area contributed by atoms with Crippen LogP contribution in [0.3, 0.4) is 0 Å². The van der Waals surface area contributed by atoms with E-state index in [1.54, 1.807) is 0 Å². The fourth-order valence-corrected chi connectivity index (χ4v) is 4.12. The van der Waals surface area contributed by atoms with Crippen LogP contribution in [-0.4, -0.2) is 59.8 Å². The molecule has 0 radical (unpaired) electrons. The SMILES string of the molecule is O[C@@H]1[C@@H](O)[C@@H](Oc2ccc(-c3cnccc3F)nc2-c2cnccc2F)SC[C@H]1O. The molecule has 0 aliphatic carbocycles. The molecule has 1 fully saturated rings. The number of pyridine rings is 3. The average molecular weight is 433 g/mol. The first kappa shape index (κ1) is 20.6. The van der Waals surface area contributed by atoms with Gasteiger partial charge in [-0.3, -0.25) is 9.97 Å². The standard InChI is InChI=1S/C20H17F2N3O4S/c21-12-3-5-23-7-10(12)14-1-2-16(17(25-14)11-8-24-6-4-13(11)22)29-20-19(28)18(27)15(26)9-30-20/h1-8,15,18-20,26-28H,9H2/t15-,18+,19-,20+/m1/s1. The van der Waals surface area contributed by atoms with Gasteiger partial charge in [-0.2, -0.15) is 0 Å². The first-order valence-electron chi connectivity index (χ1n) is 8.99. The maximum Gasteiger partial charge on any atom is 0.173 e. The number of aliphatic hydroxyl groups excluding tert-OH is 3. The van der Waals surface area contributed by atoms with Gasteiger partial charge in [-0.25, -0.2) is 13.8 Å². The lowest BCUT2D eigenvalue weighted by molar-refractivity contribution is -0.0785. The first-order chi connectivity index (χ1) is 14.5. The van der Waals surface area contributed by atoms with Gasteiger partial charge in [0.15, 0.2) is 5.44 Å². The predicted molar refractivity (Wildman–Crippen MR) is 106 cm³/mol. The molecule has 7 nitrogen and oxygen atoms in total. The summed E-state index contributed by atoms with van der Waals surface area (Å²) in [5, 5.41) is 29.8. The lowest BCUT2D eigenvalue weighted by Crippen LogP contribution is -2.50.